The summed E-state index contributed by atoms with van der Waals surface area (Å²) in [5.74, 6) is 0.253. The maximum absolute atomic E-state index is 10.5. The van der Waals surface area contributed by atoms with Crippen LogP contribution in [-0.4, -0.2) is 15.1 Å². The fourth-order valence-corrected chi connectivity index (χ4v) is 1.80. The molecule has 0 aliphatic rings. The maximum Gasteiger partial charge on any atom is 0.129 e. The summed E-state index contributed by atoms with van der Waals surface area (Å²) in [6, 6.07) is 5.13. The van der Waals surface area contributed by atoms with Crippen molar-refractivity contribution in [3.8, 4) is 0 Å². The van der Waals surface area contributed by atoms with Gasteiger partial charge in [0.05, 0.1) is 5.02 Å². The van der Waals surface area contributed by atoms with Gasteiger partial charge in [-0.25, -0.2) is 4.98 Å². The average Bonchev–Trinajstić information content (AvgIpc) is 2.33. The van der Waals surface area contributed by atoms with Crippen LogP contribution in [0.3, 0.4) is 0 Å². The number of hydrogen-bond donors (Lipinski definition) is 2. The van der Waals surface area contributed by atoms with Crippen LogP contribution in [0.2, 0.25) is 5.02 Å². The van der Waals surface area contributed by atoms with Crippen molar-refractivity contribution in [3.63, 3.8) is 0 Å². The van der Waals surface area contributed by atoms with Crippen LogP contribution in [-0.2, 0) is 5.60 Å². The van der Waals surface area contributed by atoms with E-state index >= 15 is 0 Å². The highest BCUT2D eigenvalue weighted by Crippen LogP contribution is 2.32. The fraction of sp³-hybridized carbons (Fsp3) is 0.167. The van der Waals surface area contributed by atoms with Gasteiger partial charge < -0.3 is 10.8 Å². The van der Waals surface area contributed by atoms with E-state index in [1.807, 2.05) is 0 Å². The summed E-state index contributed by atoms with van der Waals surface area (Å²) >= 11 is 5.87. The largest absolute Gasteiger partial charge is 0.383 e. The predicted octanol–water partition coefficient (Wildman–Crippen LogP) is 1.97. The summed E-state index contributed by atoms with van der Waals surface area (Å²) in [6.07, 6.45) is 4.67. The minimum Gasteiger partial charge on any atom is -0.383 e. The van der Waals surface area contributed by atoms with E-state index in [9.17, 15) is 5.11 Å². The molecular weight excluding hydrogens is 238 g/mol. The van der Waals surface area contributed by atoms with Gasteiger partial charge in [0.25, 0.3) is 0 Å². The number of aliphatic hydroxyl groups is 1. The second-order valence-electron chi connectivity index (χ2n) is 3.90. The number of nitrogen functional groups attached to an aromatic ring is 1. The Morgan fingerprint density at radius 2 is 2.18 bits per heavy atom. The standard InChI is InChI=1S/C12H12ClN3O/c1-12(17,8-3-2-4-15-6-8)10-5-9(13)7-16-11(10)14/h2-7,17H,1H3,(H2,14,16). The molecule has 4 nitrogen and oxygen atoms in total. The second kappa shape index (κ2) is 4.31. The van der Waals surface area contributed by atoms with Crippen molar-refractivity contribution in [1.82, 2.24) is 9.97 Å². The minimum atomic E-state index is -1.27. The van der Waals surface area contributed by atoms with Crippen LogP contribution >= 0.6 is 11.6 Å². The van der Waals surface area contributed by atoms with Gasteiger partial charge in [0.15, 0.2) is 0 Å². The van der Waals surface area contributed by atoms with Crippen LogP contribution in [0.4, 0.5) is 5.82 Å². The van der Waals surface area contributed by atoms with Gasteiger partial charge in [0.2, 0.25) is 0 Å². The molecule has 5 heteroatoms. The molecule has 0 aliphatic heterocycles. The van der Waals surface area contributed by atoms with E-state index < -0.39 is 5.60 Å². The molecule has 0 radical (unpaired) electrons. The molecule has 2 aromatic rings. The Balaban J connectivity index is 2.55. The number of hydrogen-bond acceptors (Lipinski definition) is 4. The molecule has 2 aromatic heterocycles. The van der Waals surface area contributed by atoms with Crippen LogP contribution in [0.15, 0.2) is 36.8 Å². The third-order valence-electron chi connectivity index (χ3n) is 2.63. The number of anilines is 1. The molecule has 0 bridgehead atoms. The average molecular weight is 250 g/mol. The lowest BCUT2D eigenvalue weighted by atomic mass is 9.90. The first-order valence-electron chi connectivity index (χ1n) is 5.06. The maximum atomic E-state index is 10.5. The van der Waals surface area contributed by atoms with E-state index in [0.29, 0.717) is 16.1 Å². The molecule has 2 rings (SSSR count). The number of aromatic nitrogens is 2. The van der Waals surface area contributed by atoms with E-state index in [1.54, 1.807) is 37.5 Å². The number of pyridine rings is 2. The van der Waals surface area contributed by atoms with Crippen molar-refractivity contribution >= 4 is 17.4 Å². The summed E-state index contributed by atoms with van der Waals surface area (Å²) in [6.45, 7) is 1.63. The zero-order chi connectivity index (χ0) is 12.5. The second-order valence-corrected chi connectivity index (χ2v) is 4.34. The van der Waals surface area contributed by atoms with Gasteiger partial charge in [0.1, 0.15) is 11.4 Å². The number of rotatable bonds is 2. The van der Waals surface area contributed by atoms with Crippen LogP contribution in [0.5, 0.6) is 0 Å². The minimum absolute atomic E-state index is 0.253. The van der Waals surface area contributed by atoms with Crippen LogP contribution in [0.1, 0.15) is 18.1 Å². The van der Waals surface area contributed by atoms with Crippen molar-refractivity contribution in [2.75, 3.05) is 5.73 Å². The smallest absolute Gasteiger partial charge is 0.129 e. The summed E-state index contributed by atoms with van der Waals surface area (Å²) in [7, 11) is 0. The summed E-state index contributed by atoms with van der Waals surface area (Å²) in [5, 5.41) is 11.0. The number of halogens is 1. The molecule has 2 heterocycles. The number of nitrogens with zero attached hydrogens (tertiary/aromatic N) is 2. The molecule has 0 aromatic carbocycles. The highest BCUT2D eigenvalue weighted by Gasteiger charge is 2.28. The molecule has 1 atom stereocenters. The Hall–Kier alpha value is -1.65. The molecule has 0 spiro atoms. The quantitative estimate of drug-likeness (QED) is 0.854. The Labute approximate surface area is 104 Å². The molecule has 0 saturated carbocycles. The molecule has 1 unspecified atom stereocenters. The summed E-state index contributed by atoms with van der Waals surface area (Å²) in [4.78, 5) is 7.91. The molecule has 0 aliphatic carbocycles. The Kier molecular flexibility index (Phi) is 3.00. The number of nitrogens with two attached hydrogens (primary N) is 1. The third kappa shape index (κ3) is 2.23. The summed E-state index contributed by atoms with van der Waals surface area (Å²) < 4.78 is 0. The Morgan fingerprint density at radius 1 is 1.41 bits per heavy atom. The lowest BCUT2D eigenvalue weighted by molar-refractivity contribution is 0.102. The SMILES string of the molecule is CC(O)(c1cccnc1)c1cc(Cl)cnc1N. The Bertz CT molecular complexity index is 529. The molecule has 0 fully saturated rings. The third-order valence-corrected chi connectivity index (χ3v) is 2.84. The van der Waals surface area contributed by atoms with E-state index in [4.69, 9.17) is 17.3 Å². The molecule has 17 heavy (non-hydrogen) atoms. The molecule has 0 amide bonds. The van der Waals surface area contributed by atoms with Crippen molar-refractivity contribution in [2.24, 2.45) is 0 Å². The van der Waals surface area contributed by atoms with Gasteiger partial charge >= 0.3 is 0 Å². The Morgan fingerprint density at radius 3 is 2.82 bits per heavy atom. The zero-order valence-corrected chi connectivity index (χ0v) is 10.0. The van der Waals surface area contributed by atoms with Gasteiger partial charge in [-0.2, -0.15) is 0 Å². The monoisotopic (exact) mass is 249 g/mol. The van der Waals surface area contributed by atoms with Crippen molar-refractivity contribution in [3.05, 3.63) is 52.9 Å². The van der Waals surface area contributed by atoms with Crippen molar-refractivity contribution in [2.45, 2.75) is 12.5 Å². The first-order valence-corrected chi connectivity index (χ1v) is 5.44. The first kappa shape index (κ1) is 11.8. The molecule has 88 valence electrons. The highest BCUT2D eigenvalue weighted by molar-refractivity contribution is 6.30. The van der Waals surface area contributed by atoms with E-state index in [2.05, 4.69) is 9.97 Å². The van der Waals surface area contributed by atoms with Gasteiger partial charge in [-0.1, -0.05) is 17.7 Å². The van der Waals surface area contributed by atoms with Crippen LogP contribution < -0.4 is 5.73 Å². The highest BCUT2D eigenvalue weighted by atomic mass is 35.5. The van der Waals surface area contributed by atoms with Gasteiger partial charge in [-0.3, -0.25) is 4.98 Å². The fourth-order valence-electron chi connectivity index (χ4n) is 1.65. The normalized spacial score (nSPS) is 14.3. The van der Waals surface area contributed by atoms with Crippen molar-refractivity contribution in [1.29, 1.82) is 0 Å². The molecule has 0 saturated heterocycles. The zero-order valence-electron chi connectivity index (χ0n) is 9.26. The van der Waals surface area contributed by atoms with E-state index in [1.165, 1.54) is 6.20 Å². The lowest BCUT2D eigenvalue weighted by Crippen LogP contribution is -2.24. The van der Waals surface area contributed by atoms with Crippen LogP contribution in [0, 0.1) is 0 Å². The molecular formula is C12H12ClN3O. The van der Waals surface area contributed by atoms with Crippen LogP contribution in [0.25, 0.3) is 0 Å². The van der Waals surface area contributed by atoms with E-state index in [-0.39, 0.29) is 5.82 Å². The van der Waals surface area contributed by atoms with Crippen molar-refractivity contribution < 1.29 is 5.11 Å². The summed E-state index contributed by atoms with van der Waals surface area (Å²) in [5.41, 5.74) is 5.60. The van der Waals surface area contributed by atoms with Gasteiger partial charge in [-0.15, -0.1) is 0 Å². The lowest BCUT2D eigenvalue weighted by Gasteiger charge is -2.25. The first-order chi connectivity index (χ1) is 8.01. The van der Waals surface area contributed by atoms with E-state index in [0.717, 1.165) is 0 Å². The predicted molar refractivity (Wildman–Crippen MR) is 66.6 cm³/mol. The van der Waals surface area contributed by atoms with Gasteiger partial charge in [0, 0.05) is 29.7 Å². The topological polar surface area (TPSA) is 72.0 Å². The molecule has 3 N–H and O–H groups in total. The van der Waals surface area contributed by atoms with Gasteiger partial charge in [-0.05, 0) is 19.1 Å².